The van der Waals surface area contributed by atoms with Gasteiger partial charge in [-0.15, -0.1) is 10.2 Å². The predicted octanol–water partition coefficient (Wildman–Crippen LogP) is 4.87. The molecular formula is C20H20N4O2S. The lowest BCUT2D eigenvalue weighted by molar-refractivity contribution is 0.266. The summed E-state index contributed by atoms with van der Waals surface area (Å²) in [4.78, 5) is 4.61. The van der Waals surface area contributed by atoms with Gasteiger partial charge in [0.15, 0.2) is 11.9 Å². The first-order chi connectivity index (χ1) is 13.3. The van der Waals surface area contributed by atoms with Crippen molar-refractivity contribution in [2.45, 2.75) is 31.1 Å². The Bertz CT molecular complexity index is 927. The summed E-state index contributed by atoms with van der Waals surface area (Å²) in [6, 6.07) is 11.7. The number of furan rings is 1. The molecule has 1 aromatic carbocycles. The van der Waals surface area contributed by atoms with Crippen molar-refractivity contribution in [1.29, 1.82) is 0 Å². The number of hydrogen-bond donors (Lipinski definition) is 1. The maximum absolute atomic E-state index is 6.12. The summed E-state index contributed by atoms with van der Waals surface area (Å²) in [6.45, 7) is 2.17. The number of benzene rings is 1. The molecule has 0 aliphatic carbocycles. The number of hydrogen-bond acceptors (Lipinski definition) is 7. The third-order valence-electron chi connectivity index (χ3n) is 4.06. The zero-order valence-corrected chi connectivity index (χ0v) is 15.8. The van der Waals surface area contributed by atoms with Crippen LogP contribution in [0, 0.1) is 0 Å². The molecule has 0 bridgehead atoms. The van der Waals surface area contributed by atoms with Gasteiger partial charge >= 0.3 is 0 Å². The molecule has 1 atom stereocenters. The van der Waals surface area contributed by atoms with E-state index in [2.05, 4.69) is 27.4 Å². The summed E-state index contributed by atoms with van der Waals surface area (Å²) >= 11 is 1.60. The number of nitrogens with one attached hydrogen (secondary N) is 1. The van der Waals surface area contributed by atoms with Gasteiger partial charge in [-0.2, -0.15) is 4.98 Å². The highest BCUT2D eigenvalue weighted by molar-refractivity contribution is 7.99. The largest absolute Gasteiger partial charge is 0.465 e. The number of unbranched alkanes of at least 4 members (excludes halogenated alkanes) is 1. The fraction of sp³-hybridized carbons (Fsp3) is 0.250. The summed E-state index contributed by atoms with van der Waals surface area (Å²) < 4.78 is 11.5. The number of fused-ring (bicyclic) bond motifs is 3. The highest BCUT2D eigenvalue weighted by Crippen LogP contribution is 2.36. The van der Waals surface area contributed by atoms with Gasteiger partial charge in [0.2, 0.25) is 11.0 Å². The first-order valence-corrected chi connectivity index (χ1v) is 9.94. The normalized spacial score (nSPS) is 15.5. The number of ether oxygens (including phenoxy) is 1. The third-order valence-corrected chi connectivity index (χ3v) is 4.99. The Morgan fingerprint density at radius 2 is 2.11 bits per heavy atom. The van der Waals surface area contributed by atoms with Gasteiger partial charge in [0, 0.05) is 17.0 Å². The fourth-order valence-electron chi connectivity index (χ4n) is 2.69. The Labute approximate surface area is 162 Å². The second kappa shape index (κ2) is 8.26. The van der Waals surface area contributed by atoms with E-state index in [-0.39, 0.29) is 0 Å². The highest BCUT2D eigenvalue weighted by atomic mass is 32.2. The van der Waals surface area contributed by atoms with Gasteiger partial charge in [0.1, 0.15) is 5.76 Å². The molecule has 0 saturated heterocycles. The van der Waals surface area contributed by atoms with Gasteiger partial charge in [-0.1, -0.05) is 43.3 Å². The van der Waals surface area contributed by atoms with Gasteiger partial charge in [-0.05, 0) is 36.8 Å². The zero-order chi connectivity index (χ0) is 18.5. The molecule has 1 aliphatic heterocycles. The van der Waals surface area contributed by atoms with E-state index in [1.807, 2.05) is 48.6 Å². The van der Waals surface area contributed by atoms with Gasteiger partial charge in [0.25, 0.3) is 0 Å². The standard InChI is InChI=1S/C20H20N4O2S/c1-2-3-13-27-20-22-19-18(23-24-20)15-8-4-5-9-16(15)21-17(26-19)11-10-14-7-6-12-25-14/h4-12,17,21H,2-3,13H2,1H3/b11-10+/t17-/m0/s1. The molecule has 27 heavy (non-hydrogen) atoms. The van der Waals surface area contributed by atoms with Gasteiger partial charge in [-0.3, -0.25) is 0 Å². The summed E-state index contributed by atoms with van der Waals surface area (Å²) in [5.74, 6) is 2.21. The van der Waals surface area contributed by atoms with Crippen molar-refractivity contribution in [3.05, 3.63) is 54.5 Å². The van der Waals surface area contributed by atoms with Crippen LogP contribution in [-0.4, -0.2) is 27.2 Å². The third kappa shape index (κ3) is 4.14. The minimum atomic E-state index is -0.400. The first-order valence-electron chi connectivity index (χ1n) is 8.95. The molecule has 0 fully saturated rings. The Morgan fingerprint density at radius 3 is 2.96 bits per heavy atom. The Hall–Kier alpha value is -2.80. The van der Waals surface area contributed by atoms with Crippen molar-refractivity contribution in [1.82, 2.24) is 15.2 Å². The smallest absolute Gasteiger partial charge is 0.247 e. The van der Waals surface area contributed by atoms with Crippen LogP contribution in [-0.2, 0) is 0 Å². The van der Waals surface area contributed by atoms with Crippen LogP contribution in [0.4, 0.5) is 5.69 Å². The van der Waals surface area contributed by atoms with E-state index in [1.165, 1.54) is 0 Å². The summed E-state index contributed by atoms with van der Waals surface area (Å²) in [7, 11) is 0. The minimum Gasteiger partial charge on any atom is -0.465 e. The SMILES string of the molecule is CCCCSc1nnc2c(n1)O[C@@H](/C=C/c1ccco1)Nc1ccccc1-2. The Balaban J connectivity index is 1.66. The molecule has 4 rings (SSSR count). The predicted molar refractivity (Wildman–Crippen MR) is 107 cm³/mol. The monoisotopic (exact) mass is 380 g/mol. The summed E-state index contributed by atoms with van der Waals surface area (Å²) in [5, 5.41) is 12.7. The molecule has 0 radical (unpaired) electrons. The van der Waals surface area contributed by atoms with E-state index in [1.54, 1.807) is 18.0 Å². The Kier molecular flexibility index (Phi) is 5.39. The van der Waals surface area contributed by atoms with Gasteiger partial charge in [-0.25, -0.2) is 0 Å². The average Bonchev–Trinajstić information content (AvgIpc) is 3.15. The number of aromatic nitrogens is 3. The van der Waals surface area contributed by atoms with Crippen LogP contribution < -0.4 is 10.1 Å². The van der Waals surface area contributed by atoms with Crippen molar-refractivity contribution >= 4 is 23.5 Å². The maximum Gasteiger partial charge on any atom is 0.247 e. The second-order valence-electron chi connectivity index (χ2n) is 6.05. The van der Waals surface area contributed by atoms with E-state index < -0.39 is 6.23 Å². The number of anilines is 1. The number of thioether (sulfide) groups is 1. The quantitative estimate of drug-likeness (QED) is 0.483. The number of para-hydroxylation sites is 1. The lowest BCUT2D eigenvalue weighted by Crippen LogP contribution is -2.23. The van der Waals surface area contributed by atoms with E-state index in [9.17, 15) is 0 Å². The van der Waals surface area contributed by atoms with Crippen LogP contribution in [0.1, 0.15) is 25.5 Å². The topological polar surface area (TPSA) is 73.1 Å². The van der Waals surface area contributed by atoms with Crippen LogP contribution >= 0.6 is 11.8 Å². The lowest BCUT2D eigenvalue weighted by Gasteiger charge is -2.15. The molecule has 138 valence electrons. The molecule has 1 N–H and O–H groups in total. The van der Waals surface area contributed by atoms with E-state index in [4.69, 9.17) is 9.15 Å². The van der Waals surface area contributed by atoms with Crippen LogP contribution in [0.25, 0.3) is 17.3 Å². The van der Waals surface area contributed by atoms with Gasteiger partial charge < -0.3 is 14.5 Å². The molecule has 0 unspecified atom stereocenters. The van der Waals surface area contributed by atoms with Crippen LogP contribution in [0.15, 0.2) is 58.3 Å². The number of nitrogens with zero attached hydrogens (tertiary/aromatic N) is 3. The van der Waals surface area contributed by atoms with Gasteiger partial charge in [0.05, 0.1) is 6.26 Å². The Morgan fingerprint density at radius 1 is 1.19 bits per heavy atom. The molecule has 0 spiro atoms. The maximum atomic E-state index is 6.12. The molecule has 1 aliphatic rings. The molecule has 0 saturated carbocycles. The van der Waals surface area contributed by atoms with Crippen molar-refractivity contribution in [3.63, 3.8) is 0 Å². The minimum absolute atomic E-state index is 0.400. The van der Waals surface area contributed by atoms with Crippen molar-refractivity contribution in [2.24, 2.45) is 0 Å². The summed E-state index contributed by atoms with van der Waals surface area (Å²) in [5.41, 5.74) is 2.49. The molecule has 6 nitrogen and oxygen atoms in total. The molecule has 0 amide bonds. The lowest BCUT2D eigenvalue weighted by atomic mass is 10.1. The molecular weight excluding hydrogens is 360 g/mol. The van der Waals surface area contributed by atoms with E-state index in [0.717, 1.165) is 35.6 Å². The summed E-state index contributed by atoms with van der Waals surface area (Å²) in [6.07, 6.45) is 7.27. The van der Waals surface area contributed by atoms with E-state index in [0.29, 0.717) is 16.7 Å². The highest BCUT2D eigenvalue weighted by Gasteiger charge is 2.23. The second-order valence-corrected chi connectivity index (χ2v) is 7.12. The van der Waals surface area contributed by atoms with Crippen LogP contribution in [0.2, 0.25) is 0 Å². The van der Waals surface area contributed by atoms with E-state index >= 15 is 0 Å². The van der Waals surface area contributed by atoms with Crippen molar-refractivity contribution in [3.8, 4) is 17.1 Å². The number of rotatable bonds is 6. The molecule has 2 aromatic heterocycles. The first kappa shape index (κ1) is 17.6. The molecule has 3 aromatic rings. The van der Waals surface area contributed by atoms with Crippen molar-refractivity contribution < 1.29 is 9.15 Å². The molecule has 7 heteroatoms. The molecule has 3 heterocycles. The van der Waals surface area contributed by atoms with Crippen LogP contribution in [0.5, 0.6) is 5.88 Å². The fourth-order valence-corrected chi connectivity index (χ4v) is 3.55. The zero-order valence-electron chi connectivity index (χ0n) is 15.0. The van der Waals surface area contributed by atoms with Crippen molar-refractivity contribution in [2.75, 3.05) is 11.1 Å². The average molecular weight is 380 g/mol. The van der Waals surface area contributed by atoms with Crippen LogP contribution in [0.3, 0.4) is 0 Å².